The Bertz CT molecular complexity index is 1720. The van der Waals surface area contributed by atoms with E-state index in [0.29, 0.717) is 48.9 Å². The molecule has 2 fully saturated rings. The second kappa shape index (κ2) is 11.4. The molecule has 6 rings (SSSR count). The number of benzene rings is 2. The molecule has 1 saturated carbocycles. The van der Waals surface area contributed by atoms with E-state index in [1.807, 2.05) is 30.3 Å². The Kier molecular flexibility index (Phi) is 7.88. The molecule has 11 heteroatoms. The van der Waals surface area contributed by atoms with E-state index in [1.54, 1.807) is 23.4 Å². The Labute approximate surface area is 258 Å². The molecule has 1 aromatic heterocycles. The maximum absolute atomic E-state index is 14.6. The minimum Gasteiger partial charge on any atom is -0.492 e. The van der Waals surface area contributed by atoms with Gasteiger partial charge in [-0.1, -0.05) is 31.5 Å². The van der Waals surface area contributed by atoms with Gasteiger partial charge in [0, 0.05) is 48.2 Å². The lowest BCUT2D eigenvalue weighted by Crippen LogP contribution is -2.53. The molecule has 0 N–H and O–H groups in total. The standard InChI is InChI=1S/C32H36ClN5O4S/c1-3-36(4-2)13-14-42-26-8-6-23-17-35-18-29(27(23)16-26)38-12-11-32(30(38)39)21-37(19-24-5-7-25(33)15-28(24)32)43(40,41)22-31(20-34)9-10-31/h5-8,15-18H,3-4,9-14,19,21-22H2,1-2H3. The van der Waals surface area contributed by atoms with Gasteiger partial charge in [-0.05, 0) is 73.8 Å². The number of ether oxygens (including phenoxy) is 1. The number of aromatic nitrogens is 1. The van der Waals surface area contributed by atoms with E-state index in [-0.39, 0.29) is 24.7 Å². The molecule has 1 spiro atoms. The normalized spacial score (nSPS) is 21.4. The van der Waals surface area contributed by atoms with Crippen molar-refractivity contribution in [2.45, 2.75) is 45.1 Å². The van der Waals surface area contributed by atoms with Crippen LogP contribution in [-0.4, -0.2) is 73.6 Å². The van der Waals surface area contributed by atoms with Crippen molar-refractivity contribution in [1.29, 1.82) is 5.26 Å². The molecule has 1 unspecified atom stereocenters. The van der Waals surface area contributed by atoms with Crippen LogP contribution in [0, 0.1) is 16.7 Å². The summed E-state index contributed by atoms with van der Waals surface area (Å²) in [4.78, 5) is 23.0. The summed E-state index contributed by atoms with van der Waals surface area (Å²) in [6, 6.07) is 13.4. The minimum atomic E-state index is -3.80. The fourth-order valence-electron chi connectivity index (χ4n) is 6.50. The highest BCUT2D eigenvalue weighted by atomic mass is 35.5. The minimum absolute atomic E-state index is 0.0113. The molecular formula is C32H36ClN5O4S. The van der Waals surface area contributed by atoms with Gasteiger partial charge in [0.25, 0.3) is 0 Å². The van der Waals surface area contributed by atoms with Crippen LogP contribution in [0.4, 0.5) is 5.69 Å². The van der Waals surface area contributed by atoms with Crippen LogP contribution in [0.2, 0.25) is 5.02 Å². The van der Waals surface area contributed by atoms with E-state index in [9.17, 15) is 18.5 Å². The summed E-state index contributed by atoms with van der Waals surface area (Å²) in [5.41, 5.74) is 0.274. The number of amides is 1. The van der Waals surface area contributed by atoms with Gasteiger partial charge in [-0.15, -0.1) is 0 Å². The van der Waals surface area contributed by atoms with Crippen molar-refractivity contribution in [3.8, 4) is 11.8 Å². The number of nitrogens with zero attached hydrogens (tertiary/aromatic N) is 5. The molecule has 0 bridgehead atoms. The van der Waals surface area contributed by atoms with E-state index in [0.717, 1.165) is 41.5 Å². The molecule has 9 nitrogen and oxygen atoms in total. The Hall–Kier alpha value is -3.23. The Morgan fingerprint density at radius 1 is 1.12 bits per heavy atom. The summed E-state index contributed by atoms with van der Waals surface area (Å²) in [5.74, 6) is 0.309. The number of pyridine rings is 1. The number of hydrogen-bond donors (Lipinski definition) is 0. The van der Waals surface area contributed by atoms with Gasteiger partial charge in [-0.25, -0.2) is 8.42 Å². The van der Waals surface area contributed by atoms with Crippen molar-refractivity contribution in [3.63, 3.8) is 0 Å². The second-order valence-corrected chi connectivity index (χ2v) is 14.3. The van der Waals surface area contributed by atoms with Gasteiger partial charge in [0.2, 0.25) is 15.9 Å². The van der Waals surface area contributed by atoms with Crippen LogP contribution in [0.1, 0.15) is 44.2 Å². The predicted octanol–water partition coefficient (Wildman–Crippen LogP) is 4.73. The highest BCUT2D eigenvalue weighted by molar-refractivity contribution is 7.89. The SMILES string of the molecule is CCN(CC)CCOc1ccc2cncc(N3CCC4(CN(S(=O)(=O)CC5(C#N)CC5)Cc5ccc(Cl)cc54)C3=O)c2c1. The molecule has 2 aromatic carbocycles. The van der Waals surface area contributed by atoms with Crippen molar-refractivity contribution in [1.82, 2.24) is 14.2 Å². The number of halogens is 1. The zero-order valence-electron chi connectivity index (χ0n) is 24.6. The highest BCUT2D eigenvalue weighted by Crippen LogP contribution is 2.49. The van der Waals surface area contributed by atoms with Crippen LogP contribution >= 0.6 is 11.6 Å². The molecule has 0 radical (unpaired) electrons. The van der Waals surface area contributed by atoms with Crippen molar-refractivity contribution in [2.24, 2.45) is 5.41 Å². The molecule has 1 amide bonds. The third kappa shape index (κ3) is 5.48. The first-order chi connectivity index (χ1) is 20.6. The number of likely N-dealkylation sites (N-methyl/N-ethyl adjacent to an activating group) is 1. The predicted molar refractivity (Wildman–Crippen MR) is 167 cm³/mol. The zero-order chi connectivity index (χ0) is 30.4. The third-order valence-electron chi connectivity index (χ3n) is 9.31. The Balaban J connectivity index is 1.33. The molecule has 1 aliphatic carbocycles. The first-order valence-electron chi connectivity index (χ1n) is 14.9. The maximum atomic E-state index is 14.6. The molecule has 2 aliphatic heterocycles. The van der Waals surface area contributed by atoms with E-state index >= 15 is 0 Å². The number of sulfonamides is 1. The second-order valence-electron chi connectivity index (χ2n) is 11.9. The summed E-state index contributed by atoms with van der Waals surface area (Å²) < 4.78 is 34.8. The van der Waals surface area contributed by atoms with E-state index in [2.05, 4.69) is 29.8 Å². The van der Waals surface area contributed by atoms with Crippen LogP contribution in [0.5, 0.6) is 5.75 Å². The lowest BCUT2D eigenvalue weighted by Gasteiger charge is -2.40. The average molecular weight is 622 g/mol. The van der Waals surface area contributed by atoms with Gasteiger partial charge in [-0.2, -0.15) is 9.57 Å². The molecule has 43 heavy (non-hydrogen) atoms. The lowest BCUT2D eigenvalue weighted by atomic mass is 9.74. The number of carbonyl (C=O) groups excluding carboxylic acids is 1. The van der Waals surface area contributed by atoms with Gasteiger partial charge in [-0.3, -0.25) is 9.78 Å². The average Bonchev–Trinajstić information content (AvgIpc) is 3.70. The smallest absolute Gasteiger partial charge is 0.239 e. The number of rotatable bonds is 10. The van der Waals surface area contributed by atoms with Gasteiger partial charge >= 0.3 is 0 Å². The third-order valence-corrected chi connectivity index (χ3v) is 11.5. The Morgan fingerprint density at radius 2 is 1.91 bits per heavy atom. The molecule has 3 aliphatic rings. The summed E-state index contributed by atoms with van der Waals surface area (Å²) in [6.07, 6.45) is 5.04. The van der Waals surface area contributed by atoms with Crippen LogP contribution in [0.3, 0.4) is 0 Å². The topological polar surface area (TPSA) is 107 Å². The van der Waals surface area contributed by atoms with Crippen LogP contribution in [0.25, 0.3) is 10.8 Å². The molecule has 226 valence electrons. The fourth-order valence-corrected chi connectivity index (χ4v) is 8.66. The first kappa shape index (κ1) is 29.8. The van der Waals surface area contributed by atoms with Crippen LogP contribution in [0.15, 0.2) is 48.8 Å². The van der Waals surface area contributed by atoms with Crippen LogP contribution in [-0.2, 0) is 26.8 Å². The van der Waals surface area contributed by atoms with Crippen LogP contribution < -0.4 is 9.64 Å². The van der Waals surface area contributed by atoms with Crippen molar-refractivity contribution >= 4 is 44.0 Å². The number of carbonyl (C=O) groups is 1. The van der Waals surface area contributed by atoms with Gasteiger partial charge in [0.15, 0.2) is 0 Å². The summed E-state index contributed by atoms with van der Waals surface area (Å²) >= 11 is 6.44. The van der Waals surface area contributed by atoms with E-state index in [1.165, 1.54) is 4.31 Å². The summed E-state index contributed by atoms with van der Waals surface area (Å²) in [6.45, 7) is 8.09. The monoisotopic (exact) mass is 621 g/mol. The zero-order valence-corrected chi connectivity index (χ0v) is 26.1. The highest BCUT2D eigenvalue weighted by Gasteiger charge is 2.56. The van der Waals surface area contributed by atoms with E-state index < -0.39 is 20.9 Å². The molecular weight excluding hydrogens is 586 g/mol. The van der Waals surface area contributed by atoms with E-state index in [4.69, 9.17) is 16.3 Å². The Morgan fingerprint density at radius 3 is 2.63 bits per heavy atom. The number of hydrogen-bond acceptors (Lipinski definition) is 7. The molecule has 3 heterocycles. The first-order valence-corrected chi connectivity index (χ1v) is 16.9. The number of fused-ring (bicyclic) bond motifs is 3. The largest absolute Gasteiger partial charge is 0.492 e. The van der Waals surface area contributed by atoms with Gasteiger partial charge in [0.1, 0.15) is 12.4 Å². The maximum Gasteiger partial charge on any atom is 0.239 e. The lowest BCUT2D eigenvalue weighted by molar-refractivity contribution is -0.122. The van der Waals surface area contributed by atoms with Crippen molar-refractivity contribution < 1.29 is 17.9 Å². The van der Waals surface area contributed by atoms with Crippen molar-refractivity contribution in [2.75, 3.05) is 50.0 Å². The molecule has 1 saturated heterocycles. The fraction of sp³-hybridized carbons (Fsp3) is 0.469. The van der Waals surface area contributed by atoms with Gasteiger partial charge in [0.05, 0.1) is 34.5 Å². The summed E-state index contributed by atoms with van der Waals surface area (Å²) in [5, 5.41) is 11.8. The van der Waals surface area contributed by atoms with Gasteiger partial charge < -0.3 is 14.5 Å². The molecule has 3 aromatic rings. The molecule has 1 atom stereocenters. The number of anilines is 1. The quantitative estimate of drug-likeness (QED) is 0.322. The number of nitriles is 1. The van der Waals surface area contributed by atoms with Crippen molar-refractivity contribution in [3.05, 3.63) is 64.9 Å². The summed E-state index contributed by atoms with van der Waals surface area (Å²) in [7, 11) is -3.80.